The molecule has 1 aliphatic rings. The number of rotatable bonds is 3. The normalized spacial score (nSPS) is 15.9. The van der Waals surface area contributed by atoms with E-state index >= 15 is 0 Å². The molecule has 0 amide bonds. The molecule has 2 aromatic rings. The molecule has 6 heteroatoms. The van der Waals surface area contributed by atoms with Crippen molar-refractivity contribution in [2.75, 3.05) is 5.32 Å². The molecule has 2 N–H and O–H groups in total. The molecule has 1 saturated carbocycles. The molecule has 1 fully saturated rings. The second kappa shape index (κ2) is 4.85. The van der Waals surface area contributed by atoms with Crippen LogP contribution in [0, 0.1) is 0 Å². The molecule has 0 saturated heterocycles. The lowest BCUT2D eigenvalue weighted by molar-refractivity contribution is -0.137. The van der Waals surface area contributed by atoms with Crippen LogP contribution < -0.4 is 5.32 Å². The molecule has 1 aliphatic carbocycles. The first-order valence-corrected chi connectivity index (χ1v) is 6.52. The van der Waals surface area contributed by atoms with E-state index in [1.54, 1.807) is 6.07 Å². The predicted octanol–water partition coefficient (Wildman–Crippen LogP) is 4.44. The number of hydrogen-bond acceptors (Lipinski definition) is 2. The summed E-state index contributed by atoms with van der Waals surface area (Å²) in [6.07, 6.45) is -0.823. The van der Waals surface area contributed by atoms with E-state index in [-0.39, 0.29) is 0 Å². The standard InChI is InChI=1S/C14H14F3N3/c15-14(16,17)10-5-2-6-11(7-10)18-13-8-12(19-20-13)9-3-1-4-9/h2,5-9H,1,3-4H2,(H2,18,19,20). The van der Waals surface area contributed by atoms with Gasteiger partial charge in [0.2, 0.25) is 0 Å². The van der Waals surface area contributed by atoms with Gasteiger partial charge in [-0.05, 0) is 31.0 Å². The fourth-order valence-electron chi connectivity index (χ4n) is 2.25. The average molecular weight is 281 g/mol. The molecule has 1 aromatic heterocycles. The van der Waals surface area contributed by atoms with E-state index < -0.39 is 11.7 Å². The Kier molecular flexibility index (Phi) is 3.16. The molecule has 3 rings (SSSR count). The summed E-state index contributed by atoms with van der Waals surface area (Å²) >= 11 is 0. The monoisotopic (exact) mass is 281 g/mol. The molecule has 0 bridgehead atoms. The number of aromatic amines is 1. The van der Waals surface area contributed by atoms with Gasteiger partial charge in [-0.3, -0.25) is 5.10 Å². The average Bonchev–Trinajstić information content (AvgIpc) is 2.74. The third kappa shape index (κ3) is 2.64. The minimum absolute atomic E-state index is 0.381. The Balaban J connectivity index is 1.75. The lowest BCUT2D eigenvalue weighted by Gasteiger charge is -2.23. The molecule has 0 radical (unpaired) electrons. The van der Waals surface area contributed by atoms with Crippen molar-refractivity contribution in [1.82, 2.24) is 10.2 Å². The van der Waals surface area contributed by atoms with Crippen LogP contribution in [-0.2, 0) is 6.18 Å². The van der Waals surface area contributed by atoms with Gasteiger partial charge in [-0.15, -0.1) is 0 Å². The summed E-state index contributed by atoms with van der Waals surface area (Å²) in [5.74, 6) is 1.06. The first kappa shape index (κ1) is 13.0. The molecule has 0 spiro atoms. The zero-order valence-electron chi connectivity index (χ0n) is 10.7. The molecule has 1 heterocycles. The summed E-state index contributed by atoms with van der Waals surface area (Å²) in [7, 11) is 0. The van der Waals surface area contributed by atoms with E-state index in [0.717, 1.165) is 30.7 Å². The SMILES string of the molecule is FC(F)(F)c1cccc(Nc2cc(C3CCC3)[nH]n2)c1. The van der Waals surface area contributed by atoms with Gasteiger partial charge in [0.1, 0.15) is 0 Å². The van der Waals surface area contributed by atoms with Crippen molar-refractivity contribution in [3.8, 4) is 0 Å². The lowest BCUT2D eigenvalue weighted by Crippen LogP contribution is -2.08. The molecule has 0 aliphatic heterocycles. The highest BCUT2D eigenvalue weighted by Gasteiger charge is 2.30. The third-order valence-electron chi connectivity index (χ3n) is 3.60. The molecule has 20 heavy (non-hydrogen) atoms. The number of hydrogen-bond donors (Lipinski definition) is 2. The number of nitrogens with zero attached hydrogens (tertiary/aromatic N) is 1. The largest absolute Gasteiger partial charge is 0.416 e. The van der Waals surface area contributed by atoms with Crippen molar-refractivity contribution in [2.24, 2.45) is 0 Å². The minimum atomic E-state index is -4.33. The maximum atomic E-state index is 12.6. The van der Waals surface area contributed by atoms with E-state index in [4.69, 9.17) is 0 Å². The highest BCUT2D eigenvalue weighted by molar-refractivity contribution is 5.57. The molecule has 0 unspecified atom stereocenters. The van der Waals surface area contributed by atoms with Crippen LogP contribution in [0.4, 0.5) is 24.7 Å². The zero-order valence-corrected chi connectivity index (χ0v) is 10.7. The van der Waals surface area contributed by atoms with Gasteiger partial charge in [0.05, 0.1) is 5.56 Å². The maximum absolute atomic E-state index is 12.6. The van der Waals surface area contributed by atoms with E-state index in [2.05, 4.69) is 15.5 Å². The third-order valence-corrected chi connectivity index (χ3v) is 3.60. The number of H-pyrrole nitrogens is 1. The van der Waals surface area contributed by atoms with Crippen molar-refractivity contribution < 1.29 is 13.2 Å². The molecule has 0 atom stereocenters. The van der Waals surface area contributed by atoms with E-state index in [0.29, 0.717) is 17.4 Å². The van der Waals surface area contributed by atoms with Crippen molar-refractivity contribution in [3.05, 3.63) is 41.6 Å². The Hall–Kier alpha value is -1.98. The van der Waals surface area contributed by atoms with Crippen LogP contribution in [0.25, 0.3) is 0 Å². The van der Waals surface area contributed by atoms with Crippen molar-refractivity contribution in [1.29, 1.82) is 0 Å². The highest BCUT2D eigenvalue weighted by atomic mass is 19.4. The highest BCUT2D eigenvalue weighted by Crippen LogP contribution is 2.36. The maximum Gasteiger partial charge on any atom is 0.416 e. The summed E-state index contributed by atoms with van der Waals surface area (Å²) < 4.78 is 37.9. The first-order valence-electron chi connectivity index (χ1n) is 6.52. The van der Waals surface area contributed by atoms with Crippen LogP contribution in [0.5, 0.6) is 0 Å². The fourth-order valence-corrected chi connectivity index (χ4v) is 2.25. The Morgan fingerprint density at radius 3 is 2.65 bits per heavy atom. The summed E-state index contributed by atoms with van der Waals surface area (Å²) in [6, 6.07) is 6.97. The summed E-state index contributed by atoms with van der Waals surface area (Å²) in [5, 5.41) is 9.92. The quantitative estimate of drug-likeness (QED) is 0.873. The predicted molar refractivity (Wildman–Crippen MR) is 69.9 cm³/mol. The Bertz CT molecular complexity index is 600. The van der Waals surface area contributed by atoms with E-state index in [1.165, 1.54) is 12.5 Å². The van der Waals surface area contributed by atoms with Crippen molar-refractivity contribution in [2.45, 2.75) is 31.4 Å². The minimum Gasteiger partial charge on any atom is -0.339 e. The molecular weight excluding hydrogens is 267 g/mol. The summed E-state index contributed by atoms with van der Waals surface area (Å²) in [6.45, 7) is 0. The van der Waals surface area contributed by atoms with Crippen LogP contribution in [0.15, 0.2) is 30.3 Å². The van der Waals surface area contributed by atoms with Gasteiger partial charge in [-0.25, -0.2) is 0 Å². The van der Waals surface area contributed by atoms with Gasteiger partial charge in [0.25, 0.3) is 0 Å². The van der Waals surface area contributed by atoms with Gasteiger partial charge in [-0.1, -0.05) is 12.5 Å². The molecular formula is C14H14F3N3. The second-order valence-electron chi connectivity index (χ2n) is 5.04. The van der Waals surface area contributed by atoms with Gasteiger partial charge in [0, 0.05) is 23.4 Å². The fraction of sp³-hybridized carbons (Fsp3) is 0.357. The Morgan fingerprint density at radius 1 is 1.20 bits per heavy atom. The number of alkyl halides is 3. The Morgan fingerprint density at radius 2 is 2.00 bits per heavy atom. The van der Waals surface area contributed by atoms with Gasteiger partial charge < -0.3 is 5.32 Å². The molecule has 106 valence electrons. The molecule has 3 nitrogen and oxygen atoms in total. The second-order valence-corrected chi connectivity index (χ2v) is 5.04. The van der Waals surface area contributed by atoms with Crippen LogP contribution in [0.2, 0.25) is 0 Å². The first-order chi connectivity index (χ1) is 9.52. The zero-order chi connectivity index (χ0) is 14.2. The van der Waals surface area contributed by atoms with Crippen LogP contribution in [0.1, 0.15) is 36.4 Å². The van der Waals surface area contributed by atoms with E-state index in [1.807, 2.05) is 6.07 Å². The lowest BCUT2D eigenvalue weighted by atomic mass is 9.83. The Labute approximate surface area is 114 Å². The van der Waals surface area contributed by atoms with Crippen molar-refractivity contribution >= 4 is 11.5 Å². The van der Waals surface area contributed by atoms with E-state index in [9.17, 15) is 13.2 Å². The number of aromatic nitrogens is 2. The summed E-state index contributed by atoms with van der Waals surface area (Å²) in [4.78, 5) is 0. The smallest absolute Gasteiger partial charge is 0.339 e. The summed E-state index contributed by atoms with van der Waals surface area (Å²) in [5.41, 5.74) is 0.759. The molecule has 1 aromatic carbocycles. The van der Waals surface area contributed by atoms with Gasteiger partial charge in [-0.2, -0.15) is 18.3 Å². The topological polar surface area (TPSA) is 40.7 Å². The number of anilines is 2. The van der Waals surface area contributed by atoms with Gasteiger partial charge >= 0.3 is 6.18 Å². The number of benzene rings is 1. The number of nitrogens with one attached hydrogen (secondary N) is 2. The van der Waals surface area contributed by atoms with Gasteiger partial charge in [0.15, 0.2) is 5.82 Å². The number of halogens is 3. The van der Waals surface area contributed by atoms with Crippen LogP contribution >= 0.6 is 0 Å². The van der Waals surface area contributed by atoms with Crippen LogP contribution in [0.3, 0.4) is 0 Å². The van der Waals surface area contributed by atoms with Crippen LogP contribution in [-0.4, -0.2) is 10.2 Å². The van der Waals surface area contributed by atoms with Crippen molar-refractivity contribution in [3.63, 3.8) is 0 Å².